The third kappa shape index (κ3) is 3.11. The van der Waals surface area contributed by atoms with E-state index in [1.807, 2.05) is 5.38 Å². The van der Waals surface area contributed by atoms with Gasteiger partial charge in [0.1, 0.15) is 0 Å². The van der Waals surface area contributed by atoms with Gasteiger partial charge in [0, 0.05) is 11.4 Å². The average Bonchev–Trinajstić information content (AvgIpc) is 2.83. The zero-order chi connectivity index (χ0) is 14.5. The summed E-state index contributed by atoms with van der Waals surface area (Å²) in [5.74, 6) is -0.356. The van der Waals surface area contributed by atoms with E-state index in [0.717, 1.165) is 0 Å². The Hall–Kier alpha value is -2.01. The third-order valence-corrected chi connectivity index (χ3v) is 4.01. The molecule has 0 aliphatic carbocycles. The molecule has 3 N–H and O–H groups in total. The minimum atomic E-state index is -0.356. The van der Waals surface area contributed by atoms with Crippen LogP contribution < -0.4 is 11.1 Å². The minimum Gasteiger partial charge on any atom is -0.462 e. The van der Waals surface area contributed by atoms with Crippen molar-refractivity contribution in [2.75, 3.05) is 17.7 Å². The Morgan fingerprint density at radius 1 is 1.40 bits per heavy atom. The average molecular weight is 290 g/mol. The Bertz CT molecular complexity index is 608. The van der Waals surface area contributed by atoms with Crippen LogP contribution in [0.4, 0.5) is 11.4 Å². The maximum atomic E-state index is 11.9. The zero-order valence-corrected chi connectivity index (χ0v) is 12.4. The normalized spacial score (nSPS) is 10.3. The molecular formula is C15H18N2O2S. The van der Waals surface area contributed by atoms with E-state index in [0.29, 0.717) is 30.1 Å². The van der Waals surface area contributed by atoms with Crippen LogP contribution in [0.2, 0.25) is 0 Å². The van der Waals surface area contributed by atoms with Gasteiger partial charge in [-0.25, -0.2) is 4.79 Å². The predicted molar refractivity (Wildman–Crippen MR) is 83.2 cm³/mol. The van der Waals surface area contributed by atoms with Crippen molar-refractivity contribution in [1.29, 1.82) is 0 Å². The topological polar surface area (TPSA) is 64.3 Å². The molecule has 0 saturated carbocycles. The van der Waals surface area contributed by atoms with Crippen LogP contribution in [0.3, 0.4) is 0 Å². The van der Waals surface area contributed by atoms with Crippen molar-refractivity contribution in [3.05, 3.63) is 45.6 Å². The Labute approximate surface area is 122 Å². The van der Waals surface area contributed by atoms with Gasteiger partial charge in [-0.05, 0) is 43.0 Å². The van der Waals surface area contributed by atoms with E-state index in [1.54, 1.807) is 36.5 Å². The summed E-state index contributed by atoms with van der Waals surface area (Å²) in [6.07, 6.45) is 0. The first kappa shape index (κ1) is 14.4. The molecule has 2 aromatic rings. The minimum absolute atomic E-state index is 0.344. The molecule has 0 aliphatic rings. The smallest absolute Gasteiger partial charge is 0.340 e. The van der Waals surface area contributed by atoms with Crippen molar-refractivity contribution in [1.82, 2.24) is 0 Å². The number of hydrogen-bond acceptors (Lipinski definition) is 5. The Morgan fingerprint density at radius 3 is 2.85 bits per heavy atom. The highest BCUT2D eigenvalue weighted by Crippen LogP contribution is 2.26. The molecule has 0 amide bonds. The molecular weight excluding hydrogens is 272 g/mol. The second kappa shape index (κ2) is 6.43. The van der Waals surface area contributed by atoms with Crippen LogP contribution in [0.15, 0.2) is 29.6 Å². The van der Waals surface area contributed by atoms with Crippen LogP contribution in [-0.2, 0) is 11.3 Å². The molecule has 1 heterocycles. The Morgan fingerprint density at radius 2 is 2.20 bits per heavy atom. The molecule has 2 rings (SSSR count). The van der Waals surface area contributed by atoms with E-state index in [-0.39, 0.29) is 5.97 Å². The molecule has 0 saturated heterocycles. The lowest BCUT2D eigenvalue weighted by atomic mass is 10.1. The molecule has 106 valence electrons. The lowest BCUT2D eigenvalue weighted by molar-refractivity contribution is 0.0527. The molecule has 5 heteroatoms. The number of anilines is 2. The van der Waals surface area contributed by atoms with Crippen molar-refractivity contribution >= 4 is 28.7 Å². The largest absolute Gasteiger partial charge is 0.462 e. The van der Waals surface area contributed by atoms with Gasteiger partial charge in [0.05, 0.1) is 23.5 Å². The van der Waals surface area contributed by atoms with Crippen molar-refractivity contribution in [2.24, 2.45) is 0 Å². The molecule has 0 unspecified atom stereocenters. The molecule has 0 spiro atoms. The number of esters is 1. The zero-order valence-electron chi connectivity index (χ0n) is 11.6. The number of nitrogens with two attached hydrogens (primary N) is 1. The summed E-state index contributed by atoms with van der Waals surface area (Å²) in [7, 11) is 0. The lowest BCUT2D eigenvalue weighted by Crippen LogP contribution is -2.11. The van der Waals surface area contributed by atoms with Gasteiger partial charge in [0.15, 0.2) is 0 Å². The number of benzene rings is 1. The standard InChI is InChI=1S/C15H18N2O2S/c1-3-19-15(18)11-5-4-6-12(16)14(11)17-9-13-10(2)7-8-20-13/h4-8,17H,3,9,16H2,1-2H3. The molecule has 20 heavy (non-hydrogen) atoms. The Balaban J connectivity index is 2.22. The number of aryl methyl sites for hydroxylation is 1. The first-order valence-corrected chi connectivity index (χ1v) is 7.34. The molecule has 4 nitrogen and oxygen atoms in total. The summed E-state index contributed by atoms with van der Waals surface area (Å²) >= 11 is 1.68. The predicted octanol–water partition coefficient (Wildman–Crippen LogP) is 3.43. The molecule has 0 aliphatic heterocycles. The van der Waals surface area contributed by atoms with Gasteiger partial charge in [-0.1, -0.05) is 6.07 Å². The molecule has 1 aromatic heterocycles. The first-order chi connectivity index (χ1) is 9.63. The SMILES string of the molecule is CCOC(=O)c1cccc(N)c1NCc1sccc1C. The highest BCUT2D eigenvalue weighted by Gasteiger charge is 2.14. The number of carbonyl (C=O) groups is 1. The maximum Gasteiger partial charge on any atom is 0.340 e. The van der Waals surface area contributed by atoms with Gasteiger partial charge in [-0.2, -0.15) is 0 Å². The highest BCUT2D eigenvalue weighted by atomic mass is 32.1. The van der Waals surface area contributed by atoms with Crippen molar-refractivity contribution < 1.29 is 9.53 Å². The van der Waals surface area contributed by atoms with E-state index < -0.39 is 0 Å². The van der Waals surface area contributed by atoms with Crippen LogP contribution >= 0.6 is 11.3 Å². The van der Waals surface area contributed by atoms with Gasteiger partial charge >= 0.3 is 5.97 Å². The molecule has 0 atom stereocenters. The van der Waals surface area contributed by atoms with Crippen molar-refractivity contribution in [3.8, 4) is 0 Å². The second-order valence-electron chi connectivity index (χ2n) is 4.37. The monoisotopic (exact) mass is 290 g/mol. The molecule has 0 bridgehead atoms. The van der Waals surface area contributed by atoms with Gasteiger partial charge in [0.2, 0.25) is 0 Å². The Kier molecular flexibility index (Phi) is 4.63. The number of para-hydroxylation sites is 1. The number of nitrogen functional groups attached to an aromatic ring is 1. The van der Waals surface area contributed by atoms with Gasteiger partial charge in [-0.15, -0.1) is 11.3 Å². The summed E-state index contributed by atoms with van der Waals surface area (Å²) < 4.78 is 5.05. The van der Waals surface area contributed by atoms with E-state index in [1.165, 1.54) is 10.4 Å². The van der Waals surface area contributed by atoms with Crippen LogP contribution in [0, 0.1) is 6.92 Å². The van der Waals surface area contributed by atoms with Gasteiger partial charge in [0.25, 0.3) is 0 Å². The summed E-state index contributed by atoms with van der Waals surface area (Å²) in [5.41, 5.74) is 8.85. The van der Waals surface area contributed by atoms with Gasteiger partial charge < -0.3 is 15.8 Å². The van der Waals surface area contributed by atoms with E-state index >= 15 is 0 Å². The number of thiophene rings is 1. The second-order valence-corrected chi connectivity index (χ2v) is 5.37. The summed E-state index contributed by atoms with van der Waals surface area (Å²) in [5, 5.41) is 5.30. The molecule has 0 fully saturated rings. The van der Waals surface area contributed by atoms with Crippen LogP contribution in [0.5, 0.6) is 0 Å². The maximum absolute atomic E-state index is 11.9. The number of rotatable bonds is 5. The lowest BCUT2D eigenvalue weighted by Gasteiger charge is -2.13. The summed E-state index contributed by atoms with van der Waals surface area (Å²) in [4.78, 5) is 13.2. The third-order valence-electron chi connectivity index (χ3n) is 2.99. The van der Waals surface area contributed by atoms with Crippen LogP contribution in [0.1, 0.15) is 27.7 Å². The molecule has 0 radical (unpaired) electrons. The van der Waals surface area contributed by atoms with Crippen molar-refractivity contribution in [3.63, 3.8) is 0 Å². The first-order valence-electron chi connectivity index (χ1n) is 6.46. The summed E-state index contributed by atoms with van der Waals surface area (Å²) in [6, 6.07) is 7.32. The van der Waals surface area contributed by atoms with Gasteiger partial charge in [-0.3, -0.25) is 0 Å². The number of nitrogens with one attached hydrogen (secondary N) is 1. The number of hydrogen-bond donors (Lipinski definition) is 2. The summed E-state index contributed by atoms with van der Waals surface area (Å²) in [6.45, 7) is 4.83. The number of ether oxygens (including phenoxy) is 1. The fourth-order valence-corrected chi connectivity index (χ4v) is 2.75. The van der Waals surface area contributed by atoms with Crippen LogP contribution in [0.25, 0.3) is 0 Å². The van der Waals surface area contributed by atoms with Crippen LogP contribution in [-0.4, -0.2) is 12.6 Å². The molecule has 1 aromatic carbocycles. The van der Waals surface area contributed by atoms with Crippen molar-refractivity contribution in [2.45, 2.75) is 20.4 Å². The van der Waals surface area contributed by atoms with E-state index in [9.17, 15) is 4.79 Å². The van der Waals surface area contributed by atoms with E-state index in [4.69, 9.17) is 10.5 Å². The number of carbonyl (C=O) groups excluding carboxylic acids is 1. The fraction of sp³-hybridized carbons (Fsp3) is 0.267. The quantitative estimate of drug-likeness (QED) is 0.654. The fourth-order valence-electron chi connectivity index (χ4n) is 1.90. The highest BCUT2D eigenvalue weighted by molar-refractivity contribution is 7.10. The van der Waals surface area contributed by atoms with E-state index in [2.05, 4.69) is 18.3 Å².